The Bertz CT molecular complexity index is 840. The lowest BCUT2D eigenvalue weighted by atomic mass is 10.1. The number of aromatic amines is 1. The number of carbonyl (C=O) groups excluding carboxylic acids is 1. The predicted molar refractivity (Wildman–Crippen MR) is 84.7 cm³/mol. The van der Waals surface area contributed by atoms with Gasteiger partial charge in [-0.15, -0.1) is 0 Å². The van der Waals surface area contributed by atoms with Gasteiger partial charge in [0.25, 0.3) is 5.91 Å². The molecule has 1 atom stereocenters. The van der Waals surface area contributed by atoms with Crippen molar-refractivity contribution in [3.05, 3.63) is 54.5 Å². The second-order valence-corrected chi connectivity index (χ2v) is 5.97. The molecule has 1 amide bonds. The largest absolute Gasteiger partial charge is 0.351 e. The van der Waals surface area contributed by atoms with Gasteiger partial charge >= 0.3 is 0 Å². The molecule has 1 fully saturated rings. The second-order valence-electron chi connectivity index (χ2n) is 5.97. The zero-order valence-electron chi connectivity index (χ0n) is 12.6. The molecule has 1 aromatic carbocycles. The molecule has 1 N–H and O–H groups in total. The van der Waals surface area contributed by atoms with Crippen LogP contribution in [0.3, 0.4) is 0 Å². The fourth-order valence-corrected chi connectivity index (χ4v) is 3.26. The fourth-order valence-electron chi connectivity index (χ4n) is 3.26. The van der Waals surface area contributed by atoms with Crippen LogP contribution >= 0.6 is 0 Å². The van der Waals surface area contributed by atoms with E-state index in [-0.39, 0.29) is 17.8 Å². The van der Waals surface area contributed by atoms with Gasteiger partial charge in [0.2, 0.25) is 0 Å². The Morgan fingerprint density at radius 2 is 2.26 bits per heavy atom. The van der Waals surface area contributed by atoms with E-state index in [9.17, 15) is 9.18 Å². The van der Waals surface area contributed by atoms with Gasteiger partial charge < -0.3 is 14.5 Å². The zero-order chi connectivity index (χ0) is 15.8. The summed E-state index contributed by atoms with van der Waals surface area (Å²) in [6.45, 7) is 1.41. The highest BCUT2D eigenvalue weighted by Crippen LogP contribution is 2.24. The molecular formula is C17H17FN4O. The summed E-state index contributed by atoms with van der Waals surface area (Å²) >= 11 is 0. The molecule has 0 bridgehead atoms. The third kappa shape index (κ3) is 2.60. The summed E-state index contributed by atoms with van der Waals surface area (Å²) in [5.74, 6) is -0.333. The van der Waals surface area contributed by atoms with Crippen molar-refractivity contribution in [2.45, 2.75) is 18.9 Å². The molecule has 4 rings (SSSR count). The van der Waals surface area contributed by atoms with E-state index in [2.05, 4.69) is 14.5 Å². The molecule has 23 heavy (non-hydrogen) atoms. The van der Waals surface area contributed by atoms with Crippen LogP contribution in [0.25, 0.3) is 10.9 Å². The van der Waals surface area contributed by atoms with Crippen molar-refractivity contribution in [3.63, 3.8) is 0 Å². The van der Waals surface area contributed by atoms with Crippen LogP contribution in [0.2, 0.25) is 0 Å². The quantitative estimate of drug-likeness (QED) is 0.791. The number of amides is 1. The smallest absolute Gasteiger partial charge is 0.270 e. The average Bonchev–Trinajstić information content (AvgIpc) is 3.23. The minimum atomic E-state index is -0.298. The van der Waals surface area contributed by atoms with E-state index in [1.54, 1.807) is 24.7 Å². The molecule has 0 aliphatic carbocycles. The molecule has 0 spiro atoms. The Labute approximate surface area is 132 Å². The number of piperidine rings is 1. The molecule has 3 heterocycles. The van der Waals surface area contributed by atoms with E-state index in [0.29, 0.717) is 12.2 Å². The number of hydrogen-bond acceptors (Lipinski definition) is 2. The van der Waals surface area contributed by atoms with Crippen LogP contribution in [0.1, 0.15) is 29.4 Å². The second kappa shape index (κ2) is 5.53. The van der Waals surface area contributed by atoms with Gasteiger partial charge in [0.1, 0.15) is 11.5 Å². The van der Waals surface area contributed by atoms with Gasteiger partial charge in [-0.05, 0) is 37.1 Å². The maximum atomic E-state index is 13.3. The van der Waals surface area contributed by atoms with Crippen molar-refractivity contribution >= 4 is 16.8 Å². The van der Waals surface area contributed by atoms with Gasteiger partial charge in [0.05, 0.1) is 12.4 Å². The number of nitrogens with one attached hydrogen (secondary N) is 1. The van der Waals surface area contributed by atoms with Crippen LogP contribution in [-0.4, -0.2) is 38.4 Å². The number of nitrogens with zero attached hydrogens (tertiary/aromatic N) is 3. The minimum Gasteiger partial charge on any atom is -0.351 e. The zero-order valence-corrected chi connectivity index (χ0v) is 12.6. The molecule has 2 aromatic heterocycles. The number of benzene rings is 1. The van der Waals surface area contributed by atoms with Gasteiger partial charge in [0.15, 0.2) is 0 Å². The molecule has 0 saturated carbocycles. The summed E-state index contributed by atoms with van der Waals surface area (Å²) in [6, 6.07) is 6.47. The predicted octanol–water partition coefficient (Wildman–Crippen LogP) is 2.98. The first-order valence-corrected chi connectivity index (χ1v) is 7.76. The van der Waals surface area contributed by atoms with Crippen molar-refractivity contribution in [2.75, 3.05) is 13.1 Å². The molecule has 1 unspecified atom stereocenters. The molecule has 118 valence electrons. The molecular weight excluding hydrogens is 295 g/mol. The van der Waals surface area contributed by atoms with Crippen LogP contribution in [0, 0.1) is 5.82 Å². The lowest BCUT2D eigenvalue weighted by Crippen LogP contribution is -2.40. The highest BCUT2D eigenvalue weighted by molar-refractivity contribution is 5.98. The SMILES string of the molecule is O=C(c1cc2cc(F)ccc2[nH]1)N1CCCC(n2ccnc2)C1. The number of carbonyl (C=O) groups is 1. The minimum absolute atomic E-state index is 0.0357. The summed E-state index contributed by atoms with van der Waals surface area (Å²) in [4.78, 5) is 21.8. The summed E-state index contributed by atoms with van der Waals surface area (Å²) in [6.07, 6.45) is 7.49. The Balaban J connectivity index is 1.57. The lowest BCUT2D eigenvalue weighted by Gasteiger charge is -2.33. The van der Waals surface area contributed by atoms with Crippen molar-refractivity contribution < 1.29 is 9.18 Å². The first-order chi connectivity index (χ1) is 11.2. The molecule has 1 saturated heterocycles. The standard InChI is InChI=1S/C17H17FN4O/c18-13-3-4-15-12(8-13)9-16(20-15)17(23)21-6-1-2-14(10-21)22-7-5-19-11-22/h3-5,7-9,11,14,20H,1-2,6,10H2. The topological polar surface area (TPSA) is 53.9 Å². The van der Waals surface area contributed by atoms with E-state index in [4.69, 9.17) is 0 Å². The van der Waals surface area contributed by atoms with Crippen molar-refractivity contribution in [1.29, 1.82) is 0 Å². The van der Waals surface area contributed by atoms with Crippen molar-refractivity contribution in [3.8, 4) is 0 Å². The normalized spacial score (nSPS) is 18.5. The van der Waals surface area contributed by atoms with E-state index < -0.39 is 0 Å². The average molecular weight is 312 g/mol. The van der Waals surface area contributed by atoms with E-state index in [0.717, 1.165) is 30.3 Å². The molecule has 6 heteroatoms. The van der Waals surface area contributed by atoms with Crippen LogP contribution in [0.15, 0.2) is 43.0 Å². The van der Waals surface area contributed by atoms with Gasteiger partial charge in [-0.3, -0.25) is 4.79 Å². The summed E-state index contributed by atoms with van der Waals surface area (Å²) in [7, 11) is 0. The molecule has 1 aliphatic rings. The van der Waals surface area contributed by atoms with E-state index in [1.165, 1.54) is 12.1 Å². The number of aromatic nitrogens is 3. The number of likely N-dealkylation sites (tertiary alicyclic amines) is 1. The van der Waals surface area contributed by atoms with Crippen LogP contribution in [0.5, 0.6) is 0 Å². The van der Waals surface area contributed by atoms with Crippen LogP contribution in [-0.2, 0) is 0 Å². The Hall–Kier alpha value is -2.63. The van der Waals surface area contributed by atoms with Gasteiger partial charge in [-0.2, -0.15) is 0 Å². The third-order valence-electron chi connectivity index (χ3n) is 4.44. The third-order valence-corrected chi connectivity index (χ3v) is 4.44. The maximum Gasteiger partial charge on any atom is 0.270 e. The Morgan fingerprint density at radius 1 is 1.35 bits per heavy atom. The fraction of sp³-hybridized carbons (Fsp3) is 0.294. The summed E-state index contributed by atoms with van der Waals surface area (Å²) < 4.78 is 15.3. The number of halogens is 1. The van der Waals surface area contributed by atoms with Crippen LogP contribution in [0.4, 0.5) is 4.39 Å². The number of H-pyrrole nitrogens is 1. The monoisotopic (exact) mass is 312 g/mol. The van der Waals surface area contributed by atoms with Crippen molar-refractivity contribution in [1.82, 2.24) is 19.4 Å². The van der Waals surface area contributed by atoms with Gasteiger partial charge in [0, 0.05) is 36.4 Å². The van der Waals surface area contributed by atoms with E-state index >= 15 is 0 Å². The number of rotatable bonds is 2. The van der Waals surface area contributed by atoms with Gasteiger partial charge in [-0.1, -0.05) is 0 Å². The summed E-state index contributed by atoms with van der Waals surface area (Å²) in [5, 5.41) is 0.719. The van der Waals surface area contributed by atoms with Crippen molar-refractivity contribution in [2.24, 2.45) is 0 Å². The molecule has 1 aliphatic heterocycles. The Morgan fingerprint density at radius 3 is 3.09 bits per heavy atom. The lowest BCUT2D eigenvalue weighted by molar-refractivity contribution is 0.0674. The van der Waals surface area contributed by atoms with E-state index in [1.807, 2.05) is 11.1 Å². The van der Waals surface area contributed by atoms with Crippen LogP contribution < -0.4 is 0 Å². The first-order valence-electron chi connectivity index (χ1n) is 7.76. The molecule has 0 radical (unpaired) electrons. The first kappa shape index (κ1) is 14.0. The highest BCUT2D eigenvalue weighted by atomic mass is 19.1. The maximum absolute atomic E-state index is 13.3. The number of imidazole rings is 1. The molecule has 5 nitrogen and oxygen atoms in total. The number of hydrogen-bond donors (Lipinski definition) is 1. The molecule has 3 aromatic rings. The highest BCUT2D eigenvalue weighted by Gasteiger charge is 2.26. The van der Waals surface area contributed by atoms with Gasteiger partial charge in [-0.25, -0.2) is 9.37 Å². The number of fused-ring (bicyclic) bond motifs is 1. The Kier molecular flexibility index (Phi) is 3.37. The summed E-state index contributed by atoms with van der Waals surface area (Å²) in [5.41, 5.74) is 1.29.